The maximum Gasteiger partial charge on any atom is 0.251 e. The van der Waals surface area contributed by atoms with Gasteiger partial charge in [-0.05, 0) is 56.5 Å². The van der Waals surface area contributed by atoms with E-state index in [2.05, 4.69) is 10.6 Å². The SMILES string of the molecule is CC(=O)Nc1cc(C(=O)NC(C)(C)Cc2ccccc2C)ccc1F. The van der Waals surface area contributed by atoms with Crippen LogP contribution in [0.15, 0.2) is 42.5 Å². The van der Waals surface area contributed by atoms with Gasteiger partial charge in [-0.3, -0.25) is 9.59 Å². The van der Waals surface area contributed by atoms with Crippen LogP contribution in [0.5, 0.6) is 0 Å². The lowest BCUT2D eigenvalue weighted by Crippen LogP contribution is -2.45. The molecule has 25 heavy (non-hydrogen) atoms. The number of carbonyl (C=O) groups excluding carboxylic acids is 2. The molecule has 2 aromatic rings. The predicted molar refractivity (Wildman–Crippen MR) is 97.1 cm³/mol. The first-order valence-electron chi connectivity index (χ1n) is 8.12. The highest BCUT2D eigenvalue weighted by Gasteiger charge is 2.23. The summed E-state index contributed by atoms with van der Waals surface area (Å²) in [5.74, 6) is -1.28. The van der Waals surface area contributed by atoms with E-state index in [1.807, 2.05) is 45.0 Å². The maximum absolute atomic E-state index is 13.7. The molecule has 0 aliphatic heterocycles. The summed E-state index contributed by atoms with van der Waals surface area (Å²) < 4.78 is 13.7. The molecular weight excluding hydrogens is 319 g/mol. The molecule has 0 saturated carbocycles. The van der Waals surface area contributed by atoms with Gasteiger partial charge in [0.15, 0.2) is 0 Å². The smallest absolute Gasteiger partial charge is 0.251 e. The molecule has 2 rings (SSSR count). The highest BCUT2D eigenvalue weighted by Crippen LogP contribution is 2.19. The quantitative estimate of drug-likeness (QED) is 0.867. The molecule has 0 aliphatic rings. The van der Waals surface area contributed by atoms with Crippen LogP contribution in [0.3, 0.4) is 0 Å². The van der Waals surface area contributed by atoms with Gasteiger partial charge in [0.2, 0.25) is 5.91 Å². The molecule has 0 heterocycles. The van der Waals surface area contributed by atoms with E-state index in [1.54, 1.807) is 0 Å². The summed E-state index contributed by atoms with van der Waals surface area (Å²) >= 11 is 0. The van der Waals surface area contributed by atoms with Gasteiger partial charge in [-0.25, -0.2) is 4.39 Å². The van der Waals surface area contributed by atoms with Crippen molar-refractivity contribution >= 4 is 17.5 Å². The van der Waals surface area contributed by atoms with Crippen molar-refractivity contribution in [3.63, 3.8) is 0 Å². The maximum atomic E-state index is 13.7. The van der Waals surface area contributed by atoms with Crippen LogP contribution in [0, 0.1) is 12.7 Å². The zero-order valence-corrected chi connectivity index (χ0v) is 14.9. The van der Waals surface area contributed by atoms with E-state index in [4.69, 9.17) is 0 Å². The summed E-state index contributed by atoms with van der Waals surface area (Å²) in [6.45, 7) is 7.20. The zero-order chi connectivity index (χ0) is 18.6. The molecule has 2 N–H and O–H groups in total. The monoisotopic (exact) mass is 342 g/mol. The van der Waals surface area contributed by atoms with Gasteiger partial charge in [-0.1, -0.05) is 24.3 Å². The number of carbonyl (C=O) groups is 2. The predicted octanol–water partition coefficient (Wildman–Crippen LogP) is 3.84. The normalized spacial score (nSPS) is 11.1. The van der Waals surface area contributed by atoms with Crippen LogP contribution in [-0.2, 0) is 11.2 Å². The van der Waals surface area contributed by atoms with Gasteiger partial charge in [0, 0.05) is 18.0 Å². The first-order chi connectivity index (χ1) is 11.7. The summed E-state index contributed by atoms with van der Waals surface area (Å²) in [7, 11) is 0. The molecule has 132 valence electrons. The summed E-state index contributed by atoms with van der Waals surface area (Å²) in [6, 6.07) is 11.9. The van der Waals surface area contributed by atoms with Crippen molar-refractivity contribution in [3.05, 3.63) is 65.0 Å². The Morgan fingerprint density at radius 1 is 1.12 bits per heavy atom. The fraction of sp³-hybridized carbons (Fsp3) is 0.300. The number of rotatable bonds is 5. The third kappa shape index (κ3) is 5.14. The average Bonchev–Trinajstić information content (AvgIpc) is 2.50. The number of amides is 2. The molecule has 2 aromatic carbocycles. The van der Waals surface area contributed by atoms with Crippen LogP contribution in [0.2, 0.25) is 0 Å². The summed E-state index contributed by atoms with van der Waals surface area (Å²) in [6.07, 6.45) is 0.672. The van der Waals surface area contributed by atoms with Crippen molar-refractivity contribution in [1.82, 2.24) is 5.32 Å². The molecule has 2 amide bonds. The molecule has 0 unspecified atom stereocenters. The number of aryl methyl sites for hydroxylation is 1. The van der Waals surface area contributed by atoms with Gasteiger partial charge in [0.25, 0.3) is 5.91 Å². The number of anilines is 1. The van der Waals surface area contributed by atoms with E-state index in [0.717, 1.165) is 5.56 Å². The second kappa shape index (κ2) is 7.47. The van der Waals surface area contributed by atoms with Crippen molar-refractivity contribution < 1.29 is 14.0 Å². The van der Waals surface area contributed by atoms with Crippen LogP contribution in [0.1, 0.15) is 42.3 Å². The van der Waals surface area contributed by atoms with E-state index >= 15 is 0 Å². The molecule has 0 radical (unpaired) electrons. The minimum absolute atomic E-state index is 0.00291. The van der Waals surface area contributed by atoms with Gasteiger partial charge >= 0.3 is 0 Å². The van der Waals surface area contributed by atoms with Crippen LogP contribution < -0.4 is 10.6 Å². The van der Waals surface area contributed by atoms with Crippen molar-refractivity contribution in [3.8, 4) is 0 Å². The van der Waals surface area contributed by atoms with Crippen molar-refractivity contribution in [2.75, 3.05) is 5.32 Å². The molecular formula is C20H23FN2O2. The van der Waals surface area contributed by atoms with Crippen LogP contribution >= 0.6 is 0 Å². The Balaban J connectivity index is 2.15. The number of halogens is 1. The van der Waals surface area contributed by atoms with E-state index in [-0.39, 0.29) is 11.6 Å². The third-order valence-corrected chi connectivity index (χ3v) is 3.88. The Hall–Kier alpha value is -2.69. The zero-order valence-electron chi connectivity index (χ0n) is 14.9. The van der Waals surface area contributed by atoms with E-state index in [9.17, 15) is 14.0 Å². The van der Waals surface area contributed by atoms with Crippen molar-refractivity contribution in [2.24, 2.45) is 0 Å². The lowest BCUT2D eigenvalue weighted by molar-refractivity contribution is -0.114. The molecule has 0 saturated heterocycles. The van der Waals surface area contributed by atoms with Gasteiger partial charge < -0.3 is 10.6 Å². The van der Waals surface area contributed by atoms with Crippen LogP contribution in [0.4, 0.5) is 10.1 Å². The average molecular weight is 342 g/mol. The van der Waals surface area contributed by atoms with Gasteiger partial charge in [0.1, 0.15) is 5.82 Å². The Morgan fingerprint density at radius 2 is 1.80 bits per heavy atom. The second-order valence-corrected chi connectivity index (χ2v) is 6.82. The number of hydrogen-bond donors (Lipinski definition) is 2. The van der Waals surface area contributed by atoms with E-state index in [1.165, 1.54) is 30.7 Å². The Bertz CT molecular complexity index is 800. The highest BCUT2D eigenvalue weighted by molar-refractivity contribution is 5.97. The summed E-state index contributed by atoms with van der Waals surface area (Å²) in [4.78, 5) is 23.7. The lowest BCUT2D eigenvalue weighted by Gasteiger charge is -2.27. The number of hydrogen-bond acceptors (Lipinski definition) is 2. The molecule has 0 fully saturated rings. The Labute approximate surface area is 147 Å². The number of nitrogens with one attached hydrogen (secondary N) is 2. The molecule has 0 bridgehead atoms. The van der Waals surface area contributed by atoms with Crippen molar-refractivity contribution in [1.29, 1.82) is 0 Å². The molecule has 5 heteroatoms. The Kier molecular flexibility index (Phi) is 5.57. The first-order valence-corrected chi connectivity index (χ1v) is 8.12. The molecule has 0 atom stereocenters. The highest BCUT2D eigenvalue weighted by atomic mass is 19.1. The van der Waals surface area contributed by atoms with Gasteiger partial charge in [0.05, 0.1) is 5.69 Å². The topological polar surface area (TPSA) is 58.2 Å². The standard InChI is InChI=1S/C20H23FN2O2/c1-13-7-5-6-8-16(13)12-20(3,4)23-19(25)15-9-10-17(21)18(11-15)22-14(2)24/h5-11H,12H2,1-4H3,(H,22,24)(H,23,25). The fourth-order valence-corrected chi connectivity index (χ4v) is 2.66. The van der Waals surface area contributed by atoms with E-state index in [0.29, 0.717) is 12.0 Å². The number of benzene rings is 2. The van der Waals surface area contributed by atoms with Crippen LogP contribution in [-0.4, -0.2) is 17.4 Å². The molecule has 4 nitrogen and oxygen atoms in total. The summed E-state index contributed by atoms with van der Waals surface area (Å²) in [5.41, 5.74) is 2.14. The summed E-state index contributed by atoms with van der Waals surface area (Å²) in [5, 5.41) is 5.36. The largest absolute Gasteiger partial charge is 0.347 e. The molecule has 0 spiro atoms. The van der Waals surface area contributed by atoms with Gasteiger partial charge in [-0.2, -0.15) is 0 Å². The first kappa shape index (κ1) is 18.6. The van der Waals surface area contributed by atoms with Crippen LogP contribution in [0.25, 0.3) is 0 Å². The minimum Gasteiger partial charge on any atom is -0.347 e. The molecule has 0 aliphatic carbocycles. The molecule has 0 aromatic heterocycles. The van der Waals surface area contributed by atoms with E-state index < -0.39 is 17.3 Å². The minimum atomic E-state index is -0.578. The second-order valence-electron chi connectivity index (χ2n) is 6.82. The Morgan fingerprint density at radius 3 is 2.44 bits per heavy atom. The van der Waals surface area contributed by atoms with Crippen molar-refractivity contribution in [2.45, 2.75) is 39.7 Å². The fourth-order valence-electron chi connectivity index (χ4n) is 2.66. The lowest BCUT2D eigenvalue weighted by atomic mass is 9.92. The van der Waals surface area contributed by atoms with Gasteiger partial charge in [-0.15, -0.1) is 0 Å². The third-order valence-electron chi connectivity index (χ3n) is 3.88.